The average Bonchev–Trinajstić information content (AvgIpc) is 2.80. The number of amides is 1. The number of likely N-dealkylation sites (tertiary alicyclic amines) is 1. The van der Waals surface area contributed by atoms with Crippen molar-refractivity contribution in [2.75, 3.05) is 13.2 Å². The summed E-state index contributed by atoms with van der Waals surface area (Å²) < 4.78 is 0. The summed E-state index contributed by atoms with van der Waals surface area (Å²) in [6.07, 6.45) is 5.24. The van der Waals surface area contributed by atoms with Gasteiger partial charge in [0.25, 0.3) is 0 Å². The average molecular weight is 301 g/mol. The zero-order chi connectivity index (χ0) is 15.4. The largest absolute Gasteiger partial charge is 0.394 e. The minimum absolute atomic E-state index is 0.00864. The van der Waals surface area contributed by atoms with Crippen LogP contribution >= 0.6 is 0 Å². The summed E-state index contributed by atoms with van der Waals surface area (Å²) in [4.78, 5) is 22.1. The molecule has 1 aliphatic rings. The van der Waals surface area contributed by atoms with Crippen LogP contribution in [0.3, 0.4) is 0 Å². The number of benzene rings is 1. The third kappa shape index (κ3) is 3.30. The van der Waals surface area contributed by atoms with Crippen LogP contribution in [0.4, 0.5) is 0 Å². The number of H-pyrrole nitrogens is 1. The minimum Gasteiger partial charge on any atom is -0.394 e. The van der Waals surface area contributed by atoms with Crippen molar-refractivity contribution < 1.29 is 9.90 Å². The molecule has 5 nitrogen and oxygen atoms in total. The van der Waals surface area contributed by atoms with Crippen LogP contribution < -0.4 is 0 Å². The molecule has 0 bridgehead atoms. The number of rotatable bonds is 4. The van der Waals surface area contributed by atoms with E-state index in [1.54, 1.807) is 0 Å². The Morgan fingerprint density at radius 3 is 3.00 bits per heavy atom. The van der Waals surface area contributed by atoms with Gasteiger partial charge in [0.1, 0.15) is 5.82 Å². The van der Waals surface area contributed by atoms with E-state index in [2.05, 4.69) is 9.97 Å². The molecule has 5 heteroatoms. The van der Waals surface area contributed by atoms with Gasteiger partial charge in [-0.15, -0.1) is 0 Å². The Labute approximate surface area is 130 Å². The van der Waals surface area contributed by atoms with Crippen molar-refractivity contribution >= 4 is 16.9 Å². The van der Waals surface area contributed by atoms with Gasteiger partial charge in [0.05, 0.1) is 23.7 Å². The highest BCUT2D eigenvalue weighted by atomic mass is 16.3. The highest BCUT2D eigenvalue weighted by Crippen LogP contribution is 2.18. The molecule has 0 radical (unpaired) electrons. The van der Waals surface area contributed by atoms with Crippen LogP contribution in [0.15, 0.2) is 24.3 Å². The summed E-state index contributed by atoms with van der Waals surface area (Å²) in [6, 6.07) is 7.88. The Morgan fingerprint density at radius 1 is 1.32 bits per heavy atom. The van der Waals surface area contributed by atoms with Crippen LogP contribution in [-0.4, -0.2) is 45.1 Å². The summed E-state index contributed by atoms with van der Waals surface area (Å²) in [5, 5.41) is 9.50. The topological polar surface area (TPSA) is 69.2 Å². The fourth-order valence-electron chi connectivity index (χ4n) is 3.19. The van der Waals surface area contributed by atoms with E-state index in [1.165, 1.54) is 0 Å². The molecule has 1 saturated heterocycles. The number of imidazole rings is 1. The van der Waals surface area contributed by atoms with E-state index >= 15 is 0 Å². The van der Waals surface area contributed by atoms with Gasteiger partial charge in [-0.1, -0.05) is 25.0 Å². The number of fused-ring (bicyclic) bond motifs is 1. The molecule has 2 heterocycles. The number of carbonyl (C=O) groups is 1. The first kappa shape index (κ1) is 15.0. The van der Waals surface area contributed by atoms with Crippen LogP contribution in [-0.2, 0) is 11.2 Å². The molecule has 1 aliphatic heterocycles. The second-order valence-corrected chi connectivity index (χ2v) is 5.97. The molecule has 3 rings (SSSR count). The molecule has 0 spiro atoms. The molecule has 22 heavy (non-hydrogen) atoms. The van der Waals surface area contributed by atoms with Crippen LogP contribution in [0.1, 0.15) is 37.9 Å². The molecular formula is C17H23N3O2. The molecule has 2 N–H and O–H groups in total. The summed E-state index contributed by atoms with van der Waals surface area (Å²) >= 11 is 0. The maximum absolute atomic E-state index is 12.5. The van der Waals surface area contributed by atoms with Gasteiger partial charge in [-0.2, -0.15) is 0 Å². The van der Waals surface area contributed by atoms with Crippen molar-refractivity contribution in [2.45, 2.75) is 44.6 Å². The molecule has 1 atom stereocenters. The molecule has 0 unspecified atom stereocenters. The van der Waals surface area contributed by atoms with Gasteiger partial charge in [0.15, 0.2) is 0 Å². The number of aromatic amines is 1. The van der Waals surface area contributed by atoms with Crippen molar-refractivity contribution in [3.05, 3.63) is 30.1 Å². The lowest BCUT2D eigenvalue weighted by atomic mass is 10.1. The molecule has 0 aliphatic carbocycles. The fourth-order valence-corrected chi connectivity index (χ4v) is 3.19. The SMILES string of the molecule is O=C(CCc1nc2ccccc2[nH]1)N1CCCCC[C@@H]1CO. The van der Waals surface area contributed by atoms with Crippen molar-refractivity contribution in [3.8, 4) is 0 Å². The van der Waals surface area contributed by atoms with E-state index in [4.69, 9.17) is 0 Å². The van der Waals surface area contributed by atoms with Crippen LogP contribution in [0.2, 0.25) is 0 Å². The molecular weight excluding hydrogens is 278 g/mol. The predicted octanol–water partition coefficient (Wildman–Crippen LogP) is 2.26. The highest BCUT2D eigenvalue weighted by molar-refractivity contribution is 5.77. The number of hydrogen-bond donors (Lipinski definition) is 2. The van der Waals surface area contributed by atoms with E-state index in [-0.39, 0.29) is 18.6 Å². The summed E-state index contributed by atoms with van der Waals surface area (Å²) in [6.45, 7) is 0.834. The number of aryl methyl sites for hydroxylation is 1. The Kier molecular flexibility index (Phi) is 4.73. The summed E-state index contributed by atoms with van der Waals surface area (Å²) in [5.74, 6) is 0.978. The van der Waals surface area contributed by atoms with E-state index in [0.717, 1.165) is 49.1 Å². The second-order valence-electron chi connectivity index (χ2n) is 5.97. The Bertz CT molecular complexity index is 605. The number of hydrogen-bond acceptors (Lipinski definition) is 3. The first-order valence-corrected chi connectivity index (χ1v) is 8.12. The Balaban J connectivity index is 1.63. The van der Waals surface area contributed by atoms with Gasteiger partial charge in [-0.3, -0.25) is 4.79 Å². The third-order valence-electron chi connectivity index (χ3n) is 4.42. The smallest absolute Gasteiger partial charge is 0.223 e. The van der Waals surface area contributed by atoms with E-state index < -0.39 is 0 Å². The molecule has 1 fully saturated rings. The monoisotopic (exact) mass is 301 g/mol. The van der Waals surface area contributed by atoms with Gasteiger partial charge < -0.3 is 15.0 Å². The lowest BCUT2D eigenvalue weighted by Crippen LogP contribution is -2.42. The highest BCUT2D eigenvalue weighted by Gasteiger charge is 2.24. The van der Waals surface area contributed by atoms with Crippen molar-refractivity contribution in [1.82, 2.24) is 14.9 Å². The minimum atomic E-state index is -0.00864. The summed E-state index contributed by atoms with van der Waals surface area (Å²) in [5.41, 5.74) is 1.95. The van der Waals surface area contributed by atoms with Gasteiger partial charge in [0, 0.05) is 19.4 Å². The Morgan fingerprint density at radius 2 is 2.18 bits per heavy atom. The van der Waals surface area contributed by atoms with Crippen molar-refractivity contribution in [1.29, 1.82) is 0 Å². The zero-order valence-electron chi connectivity index (χ0n) is 12.8. The molecule has 118 valence electrons. The lowest BCUT2D eigenvalue weighted by Gasteiger charge is -2.28. The quantitative estimate of drug-likeness (QED) is 0.910. The number of carbonyl (C=O) groups excluding carboxylic acids is 1. The molecule has 0 saturated carbocycles. The number of aromatic nitrogens is 2. The normalized spacial score (nSPS) is 19.3. The maximum Gasteiger partial charge on any atom is 0.223 e. The summed E-state index contributed by atoms with van der Waals surface area (Å²) in [7, 11) is 0. The van der Waals surface area contributed by atoms with Crippen LogP contribution in [0.5, 0.6) is 0 Å². The molecule has 1 amide bonds. The second kappa shape index (κ2) is 6.92. The van der Waals surface area contributed by atoms with E-state index in [9.17, 15) is 9.90 Å². The first-order valence-electron chi connectivity index (χ1n) is 8.12. The fraction of sp³-hybridized carbons (Fsp3) is 0.529. The van der Waals surface area contributed by atoms with Crippen molar-refractivity contribution in [3.63, 3.8) is 0 Å². The number of aliphatic hydroxyl groups is 1. The number of nitrogens with zero attached hydrogens (tertiary/aromatic N) is 2. The zero-order valence-corrected chi connectivity index (χ0v) is 12.8. The van der Waals surface area contributed by atoms with Gasteiger partial charge in [-0.25, -0.2) is 4.98 Å². The molecule has 1 aromatic heterocycles. The molecule has 2 aromatic rings. The predicted molar refractivity (Wildman–Crippen MR) is 85.5 cm³/mol. The van der Waals surface area contributed by atoms with E-state index in [1.807, 2.05) is 29.2 Å². The standard InChI is InChI=1S/C17H23N3O2/c21-12-13-6-2-1-5-11-20(13)17(22)10-9-16-18-14-7-3-4-8-15(14)19-16/h3-4,7-8,13,21H,1-2,5-6,9-12H2,(H,18,19)/t13-/m1/s1. The number of para-hydroxylation sites is 2. The van der Waals surface area contributed by atoms with Gasteiger partial charge in [-0.05, 0) is 25.0 Å². The number of nitrogens with one attached hydrogen (secondary N) is 1. The third-order valence-corrected chi connectivity index (χ3v) is 4.42. The molecule has 1 aromatic carbocycles. The van der Waals surface area contributed by atoms with E-state index in [0.29, 0.717) is 12.8 Å². The van der Waals surface area contributed by atoms with Crippen LogP contribution in [0.25, 0.3) is 11.0 Å². The van der Waals surface area contributed by atoms with Gasteiger partial charge >= 0.3 is 0 Å². The van der Waals surface area contributed by atoms with Crippen LogP contribution in [0, 0.1) is 0 Å². The van der Waals surface area contributed by atoms with Crippen molar-refractivity contribution in [2.24, 2.45) is 0 Å². The number of aliphatic hydroxyl groups excluding tert-OH is 1. The Hall–Kier alpha value is -1.88. The lowest BCUT2D eigenvalue weighted by molar-refractivity contribution is -0.134. The van der Waals surface area contributed by atoms with Gasteiger partial charge in [0.2, 0.25) is 5.91 Å². The maximum atomic E-state index is 12.5. The first-order chi connectivity index (χ1) is 10.8.